The minimum absolute atomic E-state index is 0.0216. The Balaban J connectivity index is 2.70. The Morgan fingerprint density at radius 1 is 1.59 bits per heavy atom. The monoisotopic (exact) mass is 275 g/mol. The van der Waals surface area contributed by atoms with Gasteiger partial charge in [-0.25, -0.2) is 0 Å². The lowest BCUT2D eigenvalue weighted by Crippen LogP contribution is -2.32. The van der Waals surface area contributed by atoms with E-state index in [4.69, 9.17) is 11.6 Å². The Morgan fingerprint density at radius 2 is 2.24 bits per heavy atom. The highest BCUT2D eigenvalue weighted by Crippen LogP contribution is 2.20. The summed E-state index contributed by atoms with van der Waals surface area (Å²) < 4.78 is 11.1. The third-order valence-electron chi connectivity index (χ3n) is 2.31. The van der Waals surface area contributed by atoms with Crippen molar-refractivity contribution < 1.29 is 14.1 Å². The Morgan fingerprint density at radius 3 is 2.82 bits per heavy atom. The summed E-state index contributed by atoms with van der Waals surface area (Å²) in [7, 11) is -0.990. The highest BCUT2D eigenvalue weighted by Gasteiger charge is 2.13. The molecule has 1 rings (SSSR count). The maximum Gasteiger partial charge on any atom is 0.252 e. The van der Waals surface area contributed by atoms with E-state index in [1.54, 1.807) is 13.2 Å². The van der Waals surface area contributed by atoms with Crippen LogP contribution in [0.15, 0.2) is 18.2 Å². The second-order valence-electron chi connectivity index (χ2n) is 3.68. The summed E-state index contributed by atoms with van der Waals surface area (Å²) in [6.07, 6.45) is 1.58. The fraction of sp³-hybridized carbons (Fsp3) is 0.364. The molecule has 6 heteroatoms. The molecule has 17 heavy (non-hydrogen) atoms. The minimum atomic E-state index is -0.990. The molecular weight excluding hydrogens is 262 g/mol. The summed E-state index contributed by atoms with van der Waals surface area (Å²) in [6.45, 7) is 2.08. The molecule has 2 N–H and O–H groups in total. The number of amides is 1. The second kappa shape index (κ2) is 6.02. The molecule has 0 saturated heterocycles. The van der Waals surface area contributed by atoms with Crippen molar-refractivity contribution in [3.05, 3.63) is 28.8 Å². The number of phenolic OH excluding ortho intramolecular Hbond substituents is 1. The molecule has 1 amide bonds. The molecule has 0 bridgehead atoms. The van der Waals surface area contributed by atoms with Crippen LogP contribution in [0.3, 0.4) is 0 Å². The Bertz CT molecular complexity index is 450. The van der Waals surface area contributed by atoms with E-state index in [0.717, 1.165) is 0 Å². The van der Waals surface area contributed by atoms with Crippen molar-refractivity contribution in [1.29, 1.82) is 0 Å². The van der Waals surface area contributed by atoms with Crippen molar-refractivity contribution in [2.75, 3.05) is 12.8 Å². The highest BCUT2D eigenvalue weighted by atomic mass is 35.5. The van der Waals surface area contributed by atoms with Crippen molar-refractivity contribution in [2.45, 2.75) is 12.2 Å². The predicted octanol–water partition coefficient (Wildman–Crippen LogP) is 1.54. The van der Waals surface area contributed by atoms with Gasteiger partial charge < -0.3 is 10.4 Å². The lowest BCUT2D eigenvalue weighted by molar-refractivity contribution is 0.0954. The van der Waals surface area contributed by atoms with E-state index in [1.807, 2.05) is 0 Å². The number of carbonyl (C=O) groups is 1. The molecule has 0 fully saturated rings. The predicted molar refractivity (Wildman–Crippen MR) is 69.0 cm³/mol. The van der Waals surface area contributed by atoms with E-state index in [0.29, 0.717) is 6.54 Å². The Labute approximate surface area is 107 Å². The molecule has 0 aliphatic carbocycles. The van der Waals surface area contributed by atoms with Crippen molar-refractivity contribution >= 4 is 28.3 Å². The fourth-order valence-electron chi connectivity index (χ4n) is 1.14. The Kier molecular flexibility index (Phi) is 4.96. The van der Waals surface area contributed by atoms with Crippen LogP contribution in [0.1, 0.15) is 17.3 Å². The second-order valence-corrected chi connectivity index (χ2v) is 5.89. The summed E-state index contributed by atoms with van der Waals surface area (Å²) in [5, 5.41) is 12.0. The summed E-state index contributed by atoms with van der Waals surface area (Å²) in [5.41, 5.74) is 0.209. The number of rotatable bonds is 4. The van der Waals surface area contributed by atoms with E-state index in [1.165, 1.54) is 18.2 Å². The highest BCUT2D eigenvalue weighted by molar-refractivity contribution is 7.84. The molecular formula is C11H14ClNO3S. The zero-order chi connectivity index (χ0) is 13.0. The van der Waals surface area contributed by atoms with Crippen molar-refractivity contribution in [3.63, 3.8) is 0 Å². The van der Waals surface area contributed by atoms with Crippen LogP contribution >= 0.6 is 11.6 Å². The summed E-state index contributed by atoms with van der Waals surface area (Å²) in [5.74, 6) is -0.408. The molecule has 0 radical (unpaired) electrons. The maximum absolute atomic E-state index is 11.7. The number of benzene rings is 1. The Hall–Kier alpha value is -1.07. The third-order valence-corrected chi connectivity index (χ3v) is 3.94. The zero-order valence-electron chi connectivity index (χ0n) is 9.57. The number of hydrogen-bond donors (Lipinski definition) is 2. The number of phenols is 1. The minimum Gasteiger partial charge on any atom is -0.508 e. The van der Waals surface area contributed by atoms with E-state index in [2.05, 4.69) is 5.32 Å². The molecule has 0 aliphatic heterocycles. The first-order chi connectivity index (χ1) is 7.91. The number of hydrogen-bond acceptors (Lipinski definition) is 3. The quantitative estimate of drug-likeness (QED) is 0.876. The molecule has 4 nitrogen and oxygen atoms in total. The molecule has 0 aliphatic rings. The van der Waals surface area contributed by atoms with Crippen LogP contribution in [0.4, 0.5) is 0 Å². The summed E-state index contributed by atoms with van der Waals surface area (Å²) in [6, 6.07) is 4.15. The SMILES string of the molecule is CC(CNC(=O)c1cc(O)ccc1Cl)S(C)=O. The molecule has 94 valence electrons. The molecule has 2 atom stereocenters. The lowest BCUT2D eigenvalue weighted by Gasteiger charge is -2.10. The van der Waals surface area contributed by atoms with Gasteiger partial charge in [0, 0.05) is 28.9 Å². The van der Waals surface area contributed by atoms with Crippen LogP contribution < -0.4 is 5.32 Å². The van der Waals surface area contributed by atoms with Crippen LogP contribution in [-0.4, -0.2) is 33.3 Å². The number of halogens is 1. The van der Waals surface area contributed by atoms with Crippen LogP contribution in [0, 0.1) is 0 Å². The smallest absolute Gasteiger partial charge is 0.252 e. The van der Waals surface area contributed by atoms with Gasteiger partial charge in [-0.2, -0.15) is 0 Å². The average molecular weight is 276 g/mol. The first-order valence-corrected chi connectivity index (χ1v) is 7.00. The van der Waals surface area contributed by atoms with E-state index in [-0.39, 0.29) is 27.5 Å². The fourth-order valence-corrected chi connectivity index (χ4v) is 1.66. The normalized spacial score (nSPS) is 14.1. The van der Waals surface area contributed by atoms with E-state index >= 15 is 0 Å². The average Bonchev–Trinajstić information content (AvgIpc) is 2.28. The van der Waals surface area contributed by atoms with Gasteiger partial charge in [-0.3, -0.25) is 9.00 Å². The van der Waals surface area contributed by atoms with Crippen molar-refractivity contribution in [2.24, 2.45) is 0 Å². The van der Waals surface area contributed by atoms with Crippen molar-refractivity contribution in [1.82, 2.24) is 5.32 Å². The van der Waals surface area contributed by atoms with Gasteiger partial charge in [0.15, 0.2) is 0 Å². The third kappa shape index (κ3) is 4.02. The molecule has 0 heterocycles. The molecule has 1 aromatic carbocycles. The van der Waals surface area contributed by atoms with Crippen LogP contribution in [0.2, 0.25) is 5.02 Å². The van der Waals surface area contributed by atoms with E-state index < -0.39 is 10.8 Å². The van der Waals surface area contributed by atoms with Crippen LogP contribution in [0.25, 0.3) is 0 Å². The molecule has 0 aromatic heterocycles. The standard InChI is InChI=1S/C11H14ClNO3S/c1-7(17(2)16)6-13-11(15)9-5-8(14)3-4-10(9)12/h3-5,7,14H,6H2,1-2H3,(H,13,15). The van der Waals surface area contributed by atoms with Gasteiger partial charge >= 0.3 is 0 Å². The summed E-state index contributed by atoms with van der Waals surface area (Å²) in [4.78, 5) is 11.7. The van der Waals surface area contributed by atoms with Gasteiger partial charge in [-0.05, 0) is 25.1 Å². The molecule has 0 saturated carbocycles. The number of nitrogens with one attached hydrogen (secondary N) is 1. The number of aromatic hydroxyl groups is 1. The maximum atomic E-state index is 11.7. The molecule has 1 aromatic rings. The first-order valence-electron chi connectivity index (χ1n) is 5.00. The van der Waals surface area contributed by atoms with Gasteiger partial charge in [0.1, 0.15) is 5.75 Å². The van der Waals surface area contributed by atoms with Crippen molar-refractivity contribution in [3.8, 4) is 5.75 Å². The van der Waals surface area contributed by atoms with Gasteiger partial charge in [0.2, 0.25) is 0 Å². The van der Waals surface area contributed by atoms with Crippen LogP contribution in [-0.2, 0) is 10.8 Å². The van der Waals surface area contributed by atoms with Gasteiger partial charge in [0.05, 0.1) is 10.6 Å². The first kappa shape index (κ1) is 14.0. The van der Waals surface area contributed by atoms with Gasteiger partial charge in [0.25, 0.3) is 5.91 Å². The molecule has 2 unspecified atom stereocenters. The zero-order valence-corrected chi connectivity index (χ0v) is 11.1. The summed E-state index contributed by atoms with van der Waals surface area (Å²) >= 11 is 5.84. The largest absolute Gasteiger partial charge is 0.508 e. The lowest BCUT2D eigenvalue weighted by atomic mass is 10.2. The number of carbonyl (C=O) groups excluding carboxylic acids is 1. The van der Waals surface area contributed by atoms with Gasteiger partial charge in [-0.15, -0.1) is 0 Å². The topological polar surface area (TPSA) is 66.4 Å². The van der Waals surface area contributed by atoms with Crippen LogP contribution in [0.5, 0.6) is 5.75 Å². The molecule has 0 spiro atoms. The van der Waals surface area contributed by atoms with Gasteiger partial charge in [-0.1, -0.05) is 11.6 Å². The van der Waals surface area contributed by atoms with E-state index in [9.17, 15) is 14.1 Å².